The van der Waals surface area contributed by atoms with Gasteiger partial charge in [0, 0.05) is 25.5 Å². The summed E-state index contributed by atoms with van der Waals surface area (Å²) < 4.78 is 5.66. The number of morpholine rings is 1. The van der Waals surface area contributed by atoms with E-state index in [1.54, 1.807) is 0 Å². The molecule has 0 aromatic heterocycles. The van der Waals surface area contributed by atoms with E-state index in [1.165, 1.54) is 0 Å². The first kappa shape index (κ1) is 17.7. The molecule has 2 aliphatic rings. The van der Waals surface area contributed by atoms with Gasteiger partial charge in [0.05, 0.1) is 11.5 Å². The van der Waals surface area contributed by atoms with Crippen LogP contribution in [0.2, 0.25) is 0 Å². The summed E-state index contributed by atoms with van der Waals surface area (Å²) in [6.45, 7) is 7.49. The first-order chi connectivity index (χ1) is 11.5. The molecule has 2 heterocycles. The van der Waals surface area contributed by atoms with Crippen LogP contribution in [0.3, 0.4) is 0 Å². The number of carbonyl (C=O) groups excluding carboxylic acids is 2. The van der Waals surface area contributed by atoms with Crippen LogP contribution in [-0.2, 0) is 14.3 Å². The Bertz CT molecular complexity index is 730. The number of nitrogens with one attached hydrogen (secondary N) is 2. The highest BCUT2D eigenvalue weighted by Crippen LogP contribution is 2.49. The lowest BCUT2D eigenvalue weighted by atomic mass is 9.74. The summed E-state index contributed by atoms with van der Waals surface area (Å²) >= 11 is 0. The molecule has 1 amide bonds. The highest BCUT2D eigenvalue weighted by Gasteiger charge is 2.67. The standard InChI is InChI=1S/C19H27N3O3/c1-17(2)19(4)14(11-18(3,21-19)16(24)25-17)15(23)20-12-8-7-9-13(10-12)22(5)6/h7-10,14,21H,11H2,1-6H3,(H,20,23)/t14-,18-,19+/m0/s1. The van der Waals surface area contributed by atoms with Gasteiger partial charge in [0.15, 0.2) is 0 Å². The smallest absolute Gasteiger partial charge is 0.326 e. The molecule has 25 heavy (non-hydrogen) atoms. The number of benzene rings is 1. The van der Waals surface area contributed by atoms with Gasteiger partial charge in [-0.05, 0) is 52.3 Å². The van der Waals surface area contributed by atoms with Crippen LogP contribution >= 0.6 is 0 Å². The van der Waals surface area contributed by atoms with Crippen LogP contribution in [0.25, 0.3) is 0 Å². The van der Waals surface area contributed by atoms with E-state index in [1.807, 2.05) is 71.0 Å². The van der Waals surface area contributed by atoms with Crippen molar-refractivity contribution >= 4 is 23.3 Å². The molecule has 1 aromatic rings. The molecular weight excluding hydrogens is 318 g/mol. The van der Waals surface area contributed by atoms with Crippen molar-refractivity contribution in [1.29, 1.82) is 0 Å². The van der Waals surface area contributed by atoms with Crippen molar-refractivity contribution in [3.8, 4) is 0 Å². The number of nitrogens with zero attached hydrogens (tertiary/aromatic N) is 1. The maximum Gasteiger partial charge on any atom is 0.326 e. The molecule has 0 unspecified atom stereocenters. The summed E-state index contributed by atoms with van der Waals surface area (Å²) in [5.41, 5.74) is -0.459. The predicted octanol–water partition coefficient (Wildman–Crippen LogP) is 2.15. The number of amides is 1. The maximum atomic E-state index is 13.0. The number of hydrogen-bond acceptors (Lipinski definition) is 5. The summed E-state index contributed by atoms with van der Waals surface area (Å²) in [5, 5.41) is 6.40. The summed E-state index contributed by atoms with van der Waals surface area (Å²) in [7, 11) is 3.91. The number of anilines is 2. The normalized spacial score (nSPS) is 32.9. The van der Waals surface area contributed by atoms with Gasteiger partial charge in [0.25, 0.3) is 0 Å². The van der Waals surface area contributed by atoms with E-state index in [2.05, 4.69) is 10.6 Å². The molecule has 0 radical (unpaired) electrons. The van der Waals surface area contributed by atoms with E-state index >= 15 is 0 Å². The van der Waals surface area contributed by atoms with Gasteiger partial charge in [-0.15, -0.1) is 0 Å². The molecule has 2 saturated heterocycles. The Morgan fingerprint density at radius 2 is 1.96 bits per heavy atom. The molecule has 2 fully saturated rings. The topological polar surface area (TPSA) is 70.7 Å². The van der Waals surface area contributed by atoms with Crippen molar-refractivity contribution in [1.82, 2.24) is 5.32 Å². The number of esters is 1. The molecule has 6 nitrogen and oxygen atoms in total. The monoisotopic (exact) mass is 345 g/mol. The van der Waals surface area contributed by atoms with E-state index in [0.717, 1.165) is 11.4 Å². The molecule has 0 aliphatic carbocycles. The van der Waals surface area contributed by atoms with E-state index < -0.39 is 16.7 Å². The first-order valence-corrected chi connectivity index (χ1v) is 8.60. The lowest BCUT2D eigenvalue weighted by Crippen LogP contribution is -2.70. The predicted molar refractivity (Wildman–Crippen MR) is 97.6 cm³/mol. The minimum Gasteiger partial charge on any atom is -0.456 e. The van der Waals surface area contributed by atoms with E-state index in [0.29, 0.717) is 6.42 Å². The highest BCUT2D eigenvalue weighted by atomic mass is 16.6. The average molecular weight is 345 g/mol. The zero-order chi connectivity index (χ0) is 18.6. The van der Waals surface area contributed by atoms with Crippen molar-refractivity contribution in [2.45, 2.75) is 50.8 Å². The van der Waals surface area contributed by atoms with Crippen molar-refractivity contribution in [2.24, 2.45) is 5.92 Å². The van der Waals surface area contributed by atoms with Crippen LogP contribution < -0.4 is 15.5 Å². The van der Waals surface area contributed by atoms with Crippen molar-refractivity contribution < 1.29 is 14.3 Å². The van der Waals surface area contributed by atoms with Gasteiger partial charge in [-0.3, -0.25) is 14.9 Å². The van der Waals surface area contributed by atoms with Gasteiger partial charge in [-0.25, -0.2) is 0 Å². The van der Waals surface area contributed by atoms with Crippen LogP contribution in [0, 0.1) is 5.92 Å². The van der Waals surface area contributed by atoms with Gasteiger partial charge in [0.1, 0.15) is 11.1 Å². The lowest BCUT2D eigenvalue weighted by Gasteiger charge is -2.48. The Morgan fingerprint density at radius 1 is 1.28 bits per heavy atom. The SMILES string of the molecule is CN(C)c1cccc(NC(=O)[C@@H]2C[C@]3(C)N[C@@]2(C)C(C)(C)OC3=O)c1. The molecule has 3 rings (SSSR count). The molecule has 0 spiro atoms. The van der Waals surface area contributed by atoms with Gasteiger partial charge in [0.2, 0.25) is 5.91 Å². The third-order valence-corrected chi connectivity index (χ3v) is 5.84. The maximum absolute atomic E-state index is 13.0. The van der Waals surface area contributed by atoms with Crippen LogP contribution in [-0.4, -0.2) is 42.7 Å². The van der Waals surface area contributed by atoms with Crippen LogP contribution in [0.15, 0.2) is 24.3 Å². The fourth-order valence-corrected chi connectivity index (χ4v) is 3.92. The molecule has 2 aliphatic heterocycles. The summed E-state index contributed by atoms with van der Waals surface area (Å²) in [5.74, 6) is -0.761. The van der Waals surface area contributed by atoms with Gasteiger partial charge < -0.3 is 15.0 Å². The summed E-state index contributed by atoms with van der Waals surface area (Å²) in [6, 6.07) is 7.70. The zero-order valence-electron chi connectivity index (χ0n) is 15.8. The summed E-state index contributed by atoms with van der Waals surface area (Å²) in [4.78, 5) is 27.4. The van der Waals surface area contributed by atoms with Gasteiger partial charge in [-0.2, -0.15) is 0 Å². The molecule has 1 aromatic carbocycles. The summed E-state index contributed by atoms with van der Waals surface area (Å²) in [6.07, 6.45) is 0.422. The van der Waals surface area contributed by atoms with Crippen molar-refractivity contribution in [2.75, 3.05) is 24.3 Å². The number of carbonyl (C=O) groups is 2. The lowest BCUT2D eigenvalue weighted by molar-refractivity contribution is -0.182. The van der Waals surface area contributed by atoms with Gasteiger partial charge in [-0.1, -0.05) is 6.07 Å². The van der Waals surface area contributed by atoms with Crippen LogP contribution in [0.5, 0.6) is 0 Å². The van der Waals surface area contributed by atoms with Crippen LogP contribution in [0.4, 0.5) is 11.4 Å². The molecule has 3 atom stereocenters. The number of cyclic esters (lactones) is 1. The Morgan fingerprint density at radius 3 is 2.60 bits per heavy atom. The van der Waals surface area contributed by atoms with E-state index in [4.69, 9.17) is 4.74 Å². The van der Waals surface area contributed by atoms with E-state index in [9.17, 15) is 9.59 Å². The Kier molecular flexibility index (Phi) is 3.87. The number of hydrogen-bond donors (Lipinski definition) is 2. The number of ether oxygens (including phenoxy) is 1. The quantitative estimate of drug-likeness (QED) is 0.822. The number of rotatable bonds is 3. The highest BCUT2D eigenvalue weighted by molar-refractivity contribution is 5.96. The largest absolute Gasteiger partial charge is 0.456 e. The Hall–Kier alpha value is -2.08. The zero-order valence-corrected chi connectivity index (χ0v) is 15.8. The average Bonchev–Trinajstić information content (AvgIpc) is 2.78. The second-order valence-corrected chi connectivity index (χ2v) is 8.25. The van der Waals surface area contributed by atoms with Gasteiger partial charge >= 0.3 is 5.97 Å². The first-order valence-electron chi connectivity index (χ1n) is 8.60. The second-order valence-electron chi connectivity index (χ2n) is 8.25. The minimum atomic E-state index is -0.822. The third-order valence-electron chi connectivity index (χ3n) is 5.84. The van der Waals surface area contributed by atoms with E-state index in [-0.39, 0.29) is 17.8 Å². The Balaban J connectivity index is 1.88. The third kappa shape index (κ3) is 2.68. The Labute approximate surface area is 148 Å². The molecule has 2 bridgehead atoms. The molecular formula is C19H27N3O3. The van der Waals surface area contributed by atoms with Crippen LogP contribution in [0.1, 0.15) is 34.1 Å². The van der Waals surface area contributed by atoms with Crippen molar-refractivity contribution in [3.05, 3.63) is 24.3 Å². The molecule has 6 heteroatoms. The fraction of sp³-hybridized carbons (Fsp3) is 0.579. The minimum absolute atomic E-state index is 0.0963. The molecule has 136 valence electrons. The second kappa shape index (κ2) is 5.46. The van der Waals surface area contributed by atoms with Crippen molar-refractivity contribution in [3.63, 3.8) is 0 Å². The fourth-order valence-electron chi connectivity index (χ4n) is 3.92. The molecule has 2 N–H and O–H groups in total. The molecule has 0 saturated carbocycles. The number of fused-ring (bicyclic) bond motifs is 2.